The van der Waals surface area contributed by atoms with E-state index in [1.54, 1.807) is 55.1 Å². The van der Waals surface area contributed by atoms with Gasteiger partial charge in [-0.05, 0) is 32.4 Å². The average molecular weight is 500 g/mol. The first kappa shape index (κ1) is 26.2. The summed E-state index contributed by atoms with van der Waals surface area (Å²) in [6.07, 6.45) is 7.88. The molecule has 0 radical (unpaired) electrons. The van der Waals surface area contributed by atoms with Crippen LogP contribution in [0.2, 0.25) is 0 Å². The van der Waals surface area contributed by atoms with Crippen molar-refractivity contribution in [2.75, 3.05) is 12.1 Å². The Labute approximate surface area is 203 Å². The second-order valence-electron chi connectivity index (χ2n) is 7.94. The number of nitrogens with two attached hydrogens (primary N) is 1. The van der Waals surface area contributed by atoms with Crippen molar-refractivity contribution >= 4 is 30.3 Å². The van der Waals surface area contributed by atoms with E-state index in [1.165, 1.54) is 6.33 Å². The molecule has 3 rings (SSSR count). The summed E-state index contributed by atoms with van der Waals surface area (Å²) >= 11 is 0. The summed E-state index contributed by atoms with van der Waals surface area (Å²) in [7, 11) is -3.82. The maximum absolute atomic E-state index is 13.8. The second kappa shape index (κ2) is 11.8. The quantitative estimate of drug-likeness (QED) is 0.216. The highest BCUT2D eigenvalue weighted by atomic mass is 31.2. The number of para-hydroxylation sites is 1. The van der Waals surface area contributed by atoms with Gasteiger partial charge >= 0.3 is 13.5 Å². The Morgan fingerprint density at radius 3 is 2.69 bits per heavy atom. The van der Waals surface area contributed by atoms with Crippen LogP contribution in [0.1, 0.15) is 27.2 Å². The Bertz CT molecular complexity index is 1230. The van der Waals surface area contributed by atoms with Crippen molar-refractivity contribution < 1.29 is 23.4 Å². The van der Waals surface area contributed by atoms with Crippen LogP contribution in [0, 0.1) is 12.3 Å². The van der Waals surface area contributed by atoms with E-state index in [0.717, 1.165) is 0 Å². The summed E-state index contributed by atoms with van der Waals surface area (Å²) in [6.45, 7) is 5.62. The van der Waals surface area contributed by atoms with E-state index in [-0.39, 0.29) is 6.35 Å². The number of rotatable bonds is 12. The lowest BCUT2D eigenvalue weighted by atomic mass is 10.3. The molecule has 2 heterocycles. The molecule has 1 aromatic carbocycles. The molecule has 0 spiro atoms. The number of fused-ring (bicyclic) bond motifs is 1. The molecule has 35 heavy (non-hydrogen) atoms. The van der Waals surface area contributed by atoms with E-state index in [4.69, 9.17) is 26.2 Å². The predicted molar refractivity (Wildman–Crippen MR) is 131 cm³/mol. The first-order valence-electron chi connectivity index (χ1n) is 11.1. The third-order valence-electron chi connectivity index (χ3n) is 4.85. The Morgan fingerprint density at radius 1 is 1.29 bits per heavy atom. The van der Waals surface area contributed by atoms with Crippen LogP contribution in [0.3, 0.4) is 0 Å². The van der Waals surface area contributed by atoms with Crippen LogP contribution in [0.4, 0.5) is 5.82 Å². The standard InChI is InChI=1S/C23H29N6O5P/c1-5-17(13-29-22-19(12-27-29)21(24)25-14-26-22)32-15-35(31,34-18-10-8-7-9-11-18)28-20(6-2)23(30)33-16(3)4/h2,7-12,14,16-17,20H,5,13,15H2,1,3-4H3,(H,28,31)(H2,24,25,26). The van der Waals surface area contributed by atoms with Crippen LogP contribution in [-0.4, -0.2) is 50.3 Å². The minimum Gasteiger partial charge on any atom is -0.461 e. The van der Waals surface area contributed by atoms with Crippen LogP contribution in [0.5, 0.6) is 5.75 Å². The molecule has 0 saturated heterocycles. The highest BCUT2D eigenvalue weighted by molar-refractivity contribution is 7.57. The minimum absolute atomic E-state index is 0.315. The third kappa shape index (κ3) is 7.02. The number of nitrogen functional groups attached to an aromatic ring is 1. The molecular weight excluding hydrogens is 471 g/mol. The van der Waals surface area contributed by atoms with Crippen LogP contribution in [0.15, 0.2) is 42.9 Å². The number of carbonyl (C=O) groups excluding carboxylic acids is 1. The van der Waals surface area contributed by atoms with Crippen LogP contribution >= 0.6 is 7.52 Å². The normalized spacial score (nSPS) is 14.7. The van der Waals surface area contributed by atoms with Gasteiger partial charge in [0.2, 0.25) is 0 Å². The second-order valence-corrected chi connectivity index (χ2v) is 9.99. The van der Waals surface area contributed by atoms with Gasteiger partial charge < -0.3 is 19.7 Å². The number of benzene rings is 1. The summed E-state index contributed by atoms with van der Waals surface area (Å²) in [4.78, 5) is 20.6. The fourth-order valence-electron chi connectivity index (χ4n) is 3.14. The van der Waals surface area contributed by atoms with E-state index in [2.05, 4.69) is 26.1 Å². The van der Waals surface area contributed by atoms with Crippen LogP contribution in [-0.2, 0) is 25.4 Å². The Balaban J connectivity index is 1.77. The fraction of sp³-hybridized carbons (Fsp3) is 0.391. The van der Waals surface area contributed by atoms with Crippen molar-refractivity contribution in [2.24, 2.45) is 0 Å². The molecule has 0 amide bonds. The smallest absolute Gasteiger partial charge is 0.343 e. The van der Waals surface area contributed by atoms with Gasteiger partial charge in [0.05, 0.1) is 30.3 Å². The number of terminal acetylenes is 1. The molecular formula is C23H29N6O5P. The Hall–Kier alpha value is -3.45. The molecule has 0 aliphatic heterocycles. The van der Waals surface area contributed by atoms with E-state index < -0.39 is 31.7 Å². The zero-order valence-corrected chi connectivity index (χ0v) is 20.7. The van der Waals surface area contributed by atoms with Gasteiger partial charge in [0, 0.05) is 0 Å². The summed E-state index contributed by atoms with van der Waals surface area (Å²) in [5.41, 5.74) is 6.44. The van der Waals surface area contributed by atoms with Crippen LogP contribution in [0.25, 0.3) is 11.0 Å². The largest absolute Gasteiger partial charge is 0.461 e. The minimum atomic E-state index is -3.82. The number of hydrogen-bond acceptors (Lipinski definition) is 9. The molecule has 0 fully saturated rings. The number of nitrogens with one attached hydrogen (secondary N) is 1. The highest BCUT2D eigenvalue weighted by Gasteiger charge is 2.33. The van der Waals surface area contributed by atoms with Crippen LogP contribution < -0.4 is 15.3 Å². The number of esters is 1. The zero-order chi connectivity index (χ0) is 25.4. The number of hydrogen-bond donors (Lipinski definition) is 2. The lowest BCUT2D eigenvalue weighted by Gasteiger charge is -2.25. The number of aromatic nitrogens is 4. The zero-order valence-electron chi connectivity index (χ0n) is 19.8. The van der Waals surface area contributed by atoms with Crippen molar-refractivity contribution in [3.8, 4) is 18.1 Å². The average Bonchev–Trinajstić information content (AvgIpc) is 3.24. The molecule has 186 valence electrons. The van der Waals surface area contributed by atoms with Crippen molar-refractivity contribution in [1.82, 2.24) is 24.8 Å². The van der Waals surface area contributed by atoms with E-state index in [1.807, 2.05) is 6.92 Å². The molecule has 3 N–H and O–H groups in total. The number of anilines is 1. The SMILES string of the molecule is C#CC(NP(=O)(COC(CC)Cn1ncc2c(N)ncnc21)Oc1ccccc1)C(=O)OC(C)C. The van der Waals surface area contributed by atoms with Crippen molar-refractivity contribution in [3.63, 3.8) is 0 Å². The lowest BCUT2D eigenvalue weighted by Crippen LogP contribution is -2.38. The molecule has 3 aromatic rings. The highest BCUT2D eigenvalue weighted by Crippen LogP contribution is 2.44. The molecule has 3 unspecified atom stereocenters. The monoisotopic (exact) mass is 500 g/mol. The van der Waals surface area contributed by atoms with Gasteiger partial charge in [0.15, 0.2) is 11.7 Å². The van der Waals surface area contributed by atoms with Crippen molar-refractivity contribution in [1.29, 1.82) is 0 Å². The number of nitrogens with zero attached hydrogens (tertiary/aromatic N) is 4. The van der Waals surface area contributed by atoms with Gasteiger partial charge in [-0.25, -0.2) is 24.5 Å². The lowest BCUT2D eigenvalue weighted by molar-refractivity contribution is -0.147. The maximum Gasteiger partial charge on any atom is 0.343 e. The van der Waals surface area contributed by atoms with Gasteiger partial charge in [-0.1, -0.05) is 31.0 Å². The predicted octanol–water partition coefficient (Wildman–Crippen LogP) is 2.98. The van der Waals surface area contributed by atoms with Crippen molar-refractivity contribution in [2.45, 2.75) is 52.0 Å². The summed E-state index contributed by atoms with van der Waals surface area (Å²) in [5.74, 6) is 2.21. The van der Waals surface area contributed by atoms with E-state index >= 15 is 0 Å². The Kier molecular flexibility index (Phi) is 8.82. The molecule has 0 saturated carbocycles. The van der Waals surface area contributed by atoms with Gasteiger partial charge in [-0.2, -0.15) is 5.10 Å². The first-order valence-corrected chi connectivity index (χ1v) is 12.9. The van der Waals surface area contributed by atoms with Crippen molar-refractivity contribution in [3.05, 3.63) is 42.9 Å². The molecule has 11 nitrogen and oxygen atoms in total. The molecule has 12 heteroatoms. The van der Waals surface area contributed by atoms with Gasteiger partial charge in [-0.3, -0.25) is 4.57 Å². The first-order chi connectivity index (χ1) is 16.7. The van der Waals surface area contributed by atoms with E-state index in [0.29, 0.717) is 35.6 Å². The molecule has 0 bridgehead atoms. The molecule has 0 aliphatic carbocycles. The topological polar surface area (TPSA) is 143 Å². The van der Waals surface area contributed by atoms with Gasteiger partial charge in [0.25, 0.3) is 0 Å². The van der Waals surface area contributed by atoms with Gasteiger partial charge in [0.1, 0.15) is 24.2 Å². The number of ether oxygens (including phenoxy) is 2. The van der Waals surface area contributed by atoms with E-state index in [9.17, 15) is 9.36 Å². The molecule has 2 aromatic heterocycles. The maximum atomic E-state index is 13.8. The summed E-state index contributed by atoms with van der Waals surface area (Å²) < 4.78 is 32.4. The fourth-order valence-corrected chi connectivity index (χ4v) is 4.76. The Morgan fingerprint density at radius 2 is 2.03 bits per heavy atom. The third-order valence-corrected chi connectivity index (χ3v) is 6.50. The summed E-state index contributed by atoms with van der Waals surface area (Å²) in [6, 6.07) is 7.26. The van der Waals surface area contributed by atoms with Gasteiger partial charge in [-0.15, -0.1) is 6.42 Å². The summed E-state index contributed by atoms with van der Waals surface area (Å²) in [5, 5.41) is 7.59. The molecule has 0 aliphatic rings. The molecule has 3 atom stereocenters. The number of carbonyl (C=O) groups is 1.